The number of hydrogen-bond acceptors (Lipinski definition) is 6. The lowest BCUT2D eigenvalue weighted by Crippen LogP contribution is -2.48. The number of aryl methyl sites for hydroxylation is 1. The molecule has 0 amide bonds. The molecule has 3 rings (SSSR count). The molecule has 1 aliphatic rings. The van der Waals surface area contributed by atoms with Gasteiger partial charge in [0.1, 0.15) is 12.4 Å². The molecule has 0 saturated carbocycles. The number of aromatic amines is 1. The van der Waals surface area contributed by atoms with Crippen LogP contribution in [0.3, 0.4) is 0 Å². The van der Waals surface area contributed by atoms with Gasteiger partial charge >= 0.3 is 5.97 Å². The zero-order valence-corrected chi connectivity index (χ0v) is 17.4. The lowest BCUT2D eigenvalue weighted by Gasteiger charge is -2.34. The van der Waals surface area contributed by atoms with E-state index in [-0.39, 0.29) is 5.78 Å². The summed E-state index contributed by atoms with van der Waals surface area (Å²) >= 11 is 0. The molecule has 1 saturated heterocycles. The Balaban J connectivity index is 1.46. The molecule has 1 N–H and O–H groups in total. The first-order valence-corrected chi connectivity index (χ1v) is 9.93. The predicted octanol–water partition coefficient (Wildman–Crippen LogP) is 2.30. The van der Waals surface area contributed by atoms with Gasteiger partial charge in [0.05, 0.1) is 24.9 Å². The maximum absolute atomic E-state index is 12.8. The number of ketones is 1. The van der Waals surface area contributed by atoms with Crippen molar-refractivity contribution < 1.29 is 19.1 Å². The van der Waals surface area contributed by atoms with Crippen molar-refractivity contribution in [2.24, 2.45) is 0 Å². The average molecular weight is 399 g/mol. The van der Waals surface area contributed by atoms with E-state index in [2.05, 4.69) is 14.8 Å². The van der Waals surface area contributed by atoms with Crippen molar-refractivity contribution in [2.45, 2.75) is 13.8 Å². The van der Waals surface area contributed by atoms with Crippen molar-refractivity contribution in [2.75, 3.05) is 53.0 Å². The first-order valence-electron chi connectivity index (χ1n) is 9.93. The Morgan fingerprint density at radius 1 is 1.03 bits per heavy atom. The number of piperazine rings is 1. The molecule has 2 aromatic rings. The van der Waals surface area contributed by atoms with Gasteiger partial charge in [-0.15, -0.1) is 0 Å². The third kappa shape index (κ3) is 5.25. The number of H-pyrrole nitrogens is 1. The van der Waals surface area contributed by atoms with Crippen LogP contribution in [-0.4, -0.2) is 79.5 Å². The summed E-state index contributed by atoms with van der Waals surface area (Å²) in [6.45, 7) is 8.91. The molecule has 7 nitrogen and oxygen atoms in total. The fraction of sp³-hybridized carbons (Fsp3) is 0.455. The van der Waals surface area contributed by atoms with E-state index in [9.17, 15) is 9.59 Å². The van der Waals surface area contributed by atoms with Crippen LogP contribution in [0.25, 0.3) is 0 Å². The molecular weight excluding hydrogens is 370 g/mol. The monoisotopic (exact) mass is 399 g/mol. The van der Waals surface area contributed by atoms with Gasteiger partial charge in [0, 0.05) is 38.4 Å². The van der Waals surface area contributed by atoms with Crippen LogP contribution in [0, 0.1) is 13.8 Å². The maximum Gasteiger partial charge on any atom is 0.339 e. The van der Waals surface area contributed by atoms with Crippen LogP contribution >= 0.6 is 0 Å². The van der Waals surface area contributed by atoms with E-state index in [1.807, 2.05) is 30.3 Å². The minimum Gasteiger partial charge on any atom is -0.492 e. The van der Waals surface area contributed by atoms with Crippen molar-refractivity contribution in [3.05, 3.63) is 52.8 Å². The molecule has 1 aromatic heterocycles. The summed E-state index contributed by atoms with van der Waals surface area (Å²) in [5.41, 5.74) is 2.29. The van der Waals surface area contributed by atoms with E-state index in [0.717, 1.165) is 38.5 Å². The molecule has 1 fully saturated rings. The van der Waals surface area contributed by atoms with E-state index in [0.29, 0.717) is 35.7 Å². The van der Waals surface area contributed by atoms with Crippen LogP contribution in [0.1, 0.15) is 32.1 Å². The largest absolute Gasteiger partial charge is 0.492 e. The Labute approximate surface area is 171 Å². The number of Topliss-reactive ketones (excluding diaryl/α,β-unsaturated/α-hetero) is 1. The number of aromatic nitrogens is 1. The van der Waals surface area contributed by atoms with Crippen molar-refractivity contribution in [1.29, 1.82) is 0 Å². The van der Waals surface area contributed by atoms with E-state index in [1.54, 1.807) is 13.8 Å². The standard InChI is InChI=1S/C22H29N3O4/c1-16-20(22(27)28-3)17(2)23-21(16)19(26)15-25-11-9-24(10-12-25)13-14-29-18-7-5-4-6-8-18/h4-8,23H,9-15H2,1-3H3. The molecule has 0 spiro atoms. The van der Waals surface area contributed by atoms with Gasteiger partial charge in [-0.25, -0.2) is 4.79 Å². The average Bonchev–Trinajstić information content (AvgIpc) is 3.03. The highest BCUT2D eigenvalue weighted by Gasteiger charge is 2.25. The Morgan fingerprint density at radius 3 is 2.34 bits per heavy atom. The number of ether oxygens (including phenoxy) is 2. The van der Waals surface area contributed by atoms with Gasteiger partial charge in [-0.3, -0.25) is 14.6 Å². The van der Waals surface area contributed by atoms with Gasteiger partial charge in [-0.05, 0) is 31.5 Å². The van der Waals surface area contributed by atoms with E-state index >= 15 is 0 Å². The summed E-state index contributed by atoms with van der Waals surface area (Å²) in [7, 11) is 1.35. The lowest BCUT2D eigenvalue weighted by molar-refractivity contribution is 0.0599. The minimum absolute atomic E-state index is 0.00149. The maximum atomic E-state index is 12.8. The second-order valence-corrected chi connectivity index (χ2v) is 7.32. The van der Waals surface area contributed by atoms with Crippen LogP contribution in [-0.2, 0) is 4.74 Å². The fourth-order valence-electron chi connectivity index (χ4n) is 3.70. The Hall–Kier alpha value is -2.64. The Bertz CT molecular complexity index is 839. The molecule has 0 radical (unpaired) electrons. The number of carbonyl (C=O) groups excluding carboxylic acids is 2. The van der Waals surface area contributed by atoms with Gasteiger partial charge < -0.3 is 14.5 Å². The lowest BCUT2D eigenvalue weighted by atomic mass is 10.1. The normalized spacial score (nSPS) is 15.3. The van der Waals surface area contributed by atoms with E-state index in [1.165, 1.54) is 7.11 Å². The molecule has 156 valence electrons. The molecule has 0 aliphatic carbocycles. The SMILES string of the molecule is COC(=O)c1c(C)[nH]c(C(=O)CN2CCN(CCOc3ccccc3)CC2)c1C. The van der Waals surface area contributed by atoms with Crippen molar-refractivity contribution in [1.82, 2.24) is 14.8 Å². The van der Waals surface area contributed by atoms with E-state index < -0.39 is 5.97 Å². The van der Waals surface area contributed by atoms with Crippen LogP contribution < -0.4 is 4.74 Å². The van der Waals surface area contributed by atoms with Crippen molar-refractivity contribution in [3.8, 4) is 5.75 Å². The number of para-hydroxylation sites is 1. The number of benzene rings is 1. The smallest absolute Gasteiger partial charge is 0.339 e. The molecule has 0 atom stereocenters. The molecular formula is C22H29N3O4. The molecule has 2 heterocycles. The van der Waals surface area contributed by atoms with E-state index in [4.69, 9.17) is 9.47 Å². The number of hydrogen-bond donors (Lipinski definition) is 1. The summed E-state index contributed by atoms with van der Waals surface area (Å²) in [5.74, 6) is 0.475. The number of esters is 1. The van der Waals surface area contributed by atoms with Crippen LogP contribution in [0.15, 0.2) is 30.3 Å². The molecule has 1 aliphatic heterocycles. The zero-order chi connectivity index (χ0) is 20.8. The highest BCUT2D eigenvalue weighted by atomic mass is 16.5. The predicted molar refractivity (Wildman–Crippen MR) is 111 cm³/mol. The van der Waals surface area contributed by atoms with Gasteiger partial charge in [0.2, 0.25) is 0 Å². The molecule has 1 aromatic carbocycles. The van der Waals surface area contributed by atoms with Crippen LogP contribution in [0.5, 0.6) is 5.75 Å². The summed E-state index contributed by atoms with van der Waals surface area (Å²) in [4.78, 5) is 32.2. The molecule has 7 heteroatoms. The first kappa shape index (κ1) is 21.1. The topological polar surface area (TPSA) is 74.9 Å². The number of rotatable bonds is 8. The second kappa shape index (κ2) is 9.71. The van der Waals surface area contributed by atoms with Gasteiger partial charge in [-0.2, -0.15) is 0 Å². The first-order chi connectivity index (χ1) is 14.0. The summed E-state index contributed by atoms with van der Waals surface area (Å²) in [5, 5.41) is 0. The summed E-state index contributed by atoms with van der Waals surface area (Å²) in [6.07, 6.45) is 0. The third-order valence-corrected chi connectivity index (χ3v) is 5.36. The summed E-state index contributed by atoms with van der Waals surface area (Å²) in [6, 6.07) is 9.82. The molecule has 0 unspecified atom stereocenters. The number of nitrogens with one attached hydrogen (secondary N) is 1. The van der Waals surface area contributed by atoms with Gasteiger partial charge in [-0.1, -0.05) is 18.2 Å². The molecule has 29 heavy (non-hydrogen) atoms. The summed E-state index contributed by atoms with van der Waals surface area (Å²) < 4.78 is 10.6. The van der Waals surface area contributed by atoms with Crippen molar-refractivity contribution in [3.63, 3.8) is 0 Å². The molecule has 0 bridgehead atoms. The highest BCUT2D eigenvalue weighted by Crippen LogP contribution is 2.20. The van der Waals surface area contributed by atoms with Crippen LogP contribution in [0.4, 0.5) is 0 Å². The van der Waals surface area contributed by atoms with Gasteiger partial charge in [0.25, 0.3) is 0 Å². The fourth-order valence-corrected chi connectivity index (χ4v) is 3.70. The van der Waals surface area contributed by atoms with Crippen molar-refractivity contribution >= 4 is 11.8 Å². The van der Waals surface area contributed by atoms with Crippen LogP contribution in [0.2, 0.25) is 0 Å². The highest BCUT2D eigenvalue weighted by molar-refractivity contribution is 6.02. The second-order valence-electron chi connectivity index (χ2n) is 7.32. The zero-order valence-electron chi connectivity index (χ0n) is 17.4. The third-order valence-electron chi connectivity index (χ3n) is 5.36. The Kier molecular flexibility index (Phi) is 7.06. The minimum atomic E-state index is -0.415. The number of methoxy groups -OCH3 is 1. The number of nitrogens with zero attached hydrogens (tertiary/aromatic N) is 2. The Morgan fingerprint density at radius 2 is 1.69 bits per heavy atom. The van der Waals surface area contributed by atoms with Gasteiger partial charge in [0.15, 0.2) is 5.78 Å². The quantitative estimate of drug-likeness (QED) is 0.542. The number of carbonyl (C=O) groups is 2.